The number of benzene rings is 3. The third-order valence-corrected chi connectivity index (χ3v) is 6.39. The minimum atomic E-state index is -3.88. The van der Waals surface area contributed by atoms with Crippen molar-refractivity contribution in [3.63, 3.8) is 0 Å². The van der Waals surface area contributed by atoms with E-state index >= 15 is 0 Å². The van der Waals surface area contributed by atoms with Crippen LogP contribution >= 0.6 is 0 Å². The number of sulfonamides is 1. The topological polar surface area (TPSA) is 103 Å². The van der Waals surface area contributed by atoms with Crippen molar-refractivity contribution in [2.24, 2.45) is 0 Å². The van der Waals surface area contributed by atoms with Gasteiger partial charge in [0.2, 0.25) is 5.91 Å². The zero-order valence-corrected chi connectivity index (χ0v) is 18.9. The molecule has 0 spiro atoms. The van der Waals surface area contributed by atoms with Gasteiger partial charge in [0.15, 0.2) is 11.5 Å². The lowest BCUT2D eigenvalue weighted by Gasteiger charge is -2.18. The Morgan fingerprint density at radius 2 is 1.76 bits per heavy atom. The highest BCUT2D eigenvalue weighted by Crippen LogP contribution is 2.31. The molecular weight excluding hydrogens is 444 g/mol. The molecule has 8 nitrogen and oxygen atoms in total. The number of nitrogens with one attached hydrogen (secondary N) is 2. The van der Waals surface area contributed by atoms with Gasteiger partial charge in [-0.25, -0.2) is 8.42 Å². The number of methoxy groups -OCH3 is 1. The normalized spacial score (nSPS) is 12.6. The summed E-state index contributed by atoms with van der Waals surface area (Å²) in [5, 5.41) is 2.76. The number of aryl methyl sites for hydroxylation is 1. The van der Waals surface area contributed by atoms with Gasteiger partial charge in [0.05, 0.1) is 17.7 Å². The van der Waals surface area contributed by atoms with Crippen molar-refractivity contribution in [3.8, 4) is 17.2 Å². The van der Waals surface area contributed by atoms with Gasteiger partial charge < -0.3 is 19.5 Å². The second kappa shape index (κ2) is 9.83. The summed E-state index contributed by atoms with van der Waals surface area (Å²) in [7, 11) is -2.41. The molecule has 0 aliphatic carbocycles. The molecule has 2 N–H and O–H groups in total. The van der Waals surface area contributed by atoms with Crippen LogP contribution in [-0.4, -0.2) is 34.6 Å². The number of hydrogen-bond donors (Lipinski definition) is 2. The molecule has 0 aromatic heterocycles. The van der Waals surface area contributed by atoms with Crippen LogP contribution in [0.25, 0.3) is 0 Å². The fourth-order valence-electron chi connectivity index (χ4n) is 3.40. The second-order valence-corrected chi connectivity index (χ2v) is 9.04. The lowest BCUT2D eigenvalue weighted by Crippen LogP contribution is -2.16. The van der Waals surface area contributed by atoms with E-state index in [1.165, 1.54) is 19.2 Å². The van der Waals surface area contributed by atoms with E-state index in [0.717, 1.165) is 5.56 Å². The summed E-state index contributed by atoms with van der Waals surface area (Å²) in [5.41, 5.74) is 1.67. The first-order valence-corrected chi connectivity index (χ1v) is 11.9. The summed E-state index contributed by atoms with van der Waals surface area (Å²) < 4.78 is 44.5. The summed E-state index contributed by atoms with van der Waals surface area (Å²) in [5.74, 6) is 1.57. The van der Waals surface area contributed by atoms with Crippen molar-refractivity contribution in [1.29, 1.82) is 0 Å². The predicted octanol–water partition coefficient (Wildman–Crippen LogP) is 3.84. The highest BCUT2D eigenvalue weighted by molar-refractivity contribution is 7.92. The van der Waals surface area contributed by atoms with Crippen molar-refractivity contribution >= 4 is 27.3 Å². The standard InChI is InChI=1S/C24H24N2O6S/c1-30-21-8-3-2-7-20(21)26-33(28,29)19-6-4-5-18(16-19)25-24(27)12-10-17-9-11-22-23(15-17)32-14-13-31-22/h2-9,11,15-16,26H,10,12-14H2,1H3,(H,25,27). The lowest BCUT2D eigenvalue weighted by atomic mass is 10.1. The number of fused-ring (bicyclic) bond motifs is 1. The quantitative estimate of drug-likeness (QED) is 0.521. The largest absolute Gasteiger partial charge is 0.495 e. The number of hydrogen-bond acceptors (Lipinski definition) is 6. The van der Waals surface area contributed by atoms with E-state index in [0.29, 0.717) is 48.3 Å². The molecule has 0 unspecified atom stereocenters. The van der Waals surface area contributed by atoms with Crippen LogP contribution in [0.4, 0.5) is 11.4 Å². The Hall–Kier alpha value is -3.72. The maximum Gasteiger partial charge on any atom is 0.262 e. The highest BCUT2D eigenvalue weighted by Gasteiger charge is 2.17. The summed E-state index contributed by atoms with van der Waals surface area (Å²) in [6.45, 7) is 1.03. The molecular formula is C24H24N2O6S. The third-order valence-electron chi connectivity index (χ3n) is 5.03. The molecule has 1 heterocycles. The first-order chi connectivity index (χ1) is 15.9. The number of carbonyl (C=O) groups excluding carboxylic acids is 1. The lowest BCUT2D eigenvalue weighted by molar-refractivity contribution is -0.116. The molecule has 33 heavy (non-hydrogen) atoms. The van der Waals surface area contributed by atoms with Crippen LogP contribution < -0.4 is 24.2 Å². The van der Waals surface area contributed by atoms with Gasteiger partial charge in [-0.3, -0.25) is 9.52 Å². The molecule has 3 aromatic rings. The van der Waals surface area contributed by atoms with Crippen LogP contribution in [0.2, 0.25) is 0 Å². The number of anilines is 2. The molecule has 1 aliphatic heterocycles. The smallest absolute Gasteiger partial charge is 0.262 e. The second-order valence-electron chi connectivity index (χ2n) is 7.36. The van der Waals surface area contributed by atoms with Crippen LogP contribution in [0.3, 0.4) is 0 Å². The van der Waals surface area contributed by atoms with Gasteiger partial charge >= 0.3 is 0 Å². The van der Waals surface area contributed by atoms with Crippen molar-refractivity contribution in [1.82, 2.24) is 0 Å². The SMILES string of the molecule is COc1ccccc1NS(=O)(=O)c1cccc(NC(=O)CCc2ccc3c(c2)OCCO3)c1. The Balaban J connectivity index is 1.39. The number of rotatable bonds is 8. The minimum absolute atomic E-state index is 0.0260. The van der Waals surface area contributed by atoms with Crippen molar-refractivity contribution < 1.29 is 27.4 Å². The molecule has 0 bridgehead atoms. The van der Waals surface area contributed by atoms with Gasteiger partial charge in [-0.2, -0.15) is 0 Å². The molecule has 0 saturated carbocycles. The van der Waals surface area contributed by atoms with E-state index in [2.05, 4.69) is 10.0 Å². The van der Waals surface area contributed by atoms with Crippen molar-refractivity contribution in [3.05, 3.63) is 72.3 Å². The molecule has 0 radical (unpaired) electrons. The Kier molecular flexibility index (Phi) is 6.69. The van der Waals surface area contributed by atoms with Gasteiger partial charge in [-0.15, -0.1) is 0 Å². The average Bonchev–Trinajstić information content (AvgIpc) is 2.83. The van der Waals surface area contributed by atoms with Crippen molar-refractivity contribution in [2.45, 2.75) is 17.7 Å². The molecule has 0 atom stereocenters. The van der Waals surface area contributed by atoms with Crippen LogP contribution in [-0.2, 0) is 21.2 Å². The average molecular weight is 469 g/mol. The van der Waals surface area contributed by atoms with Gasteiger partial charge in [0.1, 0.15) is 19.0 Å². The molecule has 1 amide bonds. The van der Waals surface area contributed by atoms with Crippen LogP contribution in [0.5, 0.6) is 17.2 Å². The fourth-order valence-corrected chi connectivity index (χ4v) is 4.51. The Morgan fingerprint density at radius 3 is 2.58 bits per heavy atom. The number of amides is 1. The van der Waals surface area contributed by atoms with E-state index in [-0.39, 0.29) is 17.2 Å². The molecule has 0 saturated heterocycles. The highest BCUT2D eigenvalue weighted by atomic mass is 32.2. The Morgan fingerprint density at radius 1 is 0.970 bits per heavy atom. The van der Waals surface area contributed by atoms with Gasteiger partial charge in [0.25, 0.3) is 10.0 Å². The maximum atomic E-state index is 12.8. The molecule has 0 fully saturated rings. The Labute approximate surface area is 192 Å². The first kappa shape index (κ1) is 22.5. The van der Waals surface area contributed by atoms with E-state index in [9.17, 15) is 13.2 Å². The van der Waals surface area contributed by atoms with Gasteiger partial charge in [-0.1, -0.05) is 24.3 Å². The number of para-hydroxylation sites is 2. The zero-order valence-electron chi connectivity index (χ0n) is 18.0. The van der Waals surface area contributed by atoms with Gasteiger partial charge in [0, 0.05) is 12.1 Å². The summed E-state index contributed by atoms with van der Waals surface area (Å²) >= 11 is 0. The van der Waals surface area contributed by atoms with E-state index in [4.69, 9.17) is 14.2 Å². The molecule has 172 valence electrons. The Bertz CT molecular complexity index is 1260. The van der Waals surface area contributed by atoms with E-state index < -0.39 is 10.0 Å². The number of carbonyl (C=O) groups is 1. The minimum Gasteiger partial charge on any atom is -0.495 e. The molecule has 4 rings (SSSR count). The number of ether oxygens (including phenoxy) is 3. The van der Waals surface area contributed by atoms with Crippen LogP contribution in [0.15, 0.2) is 71.6 Å². The van der Waals surface area contributed by atoms with E-state index in [1.54, 1.807) is 36.4 Å². The summed E-state index contributed by atoms with van der Waals surface area (Å²) in [4.78, 5) is 12.5. The maximum absolute atomic E-state index is 12.8. The van der Waals surface area contributed by atoms with Crippen LogP contribution in [0.1, 0.15) is 12.0 Å². The first-order valence-electron chi connectivity index (χ1n) is 10.4. The molecule has 9 heteroatoms. The van der Waals surface area contributed by atoms with Crippen molar-refractivity contribution in [2.75, 3.05) is 30.4 Å². The monoisotopic (exact) mass is 468 g/mol. The zero-order chi connectivity index (χ0) is 23.3. The predicted molar refractivity (Wildman–Crippen MR) is 125 cm³/mol. The molecule has 3 aromatic carbocycles. The summed E-state index contributed by atoms with van der Waals surface area (Å²) in [6.07, 6.45) is 0.742. The molecule has 1 aliphatic rings. The third kappa shape index (κ3) is 5.56. The van der Waals surface area contributed by atoms with Gasteiger partial charge in [-0.05, 0) is 54.4 Å². The summed E-state index contributed by atoms with van der Waals surface area (Å²) in [6, 6.07) is 18.4. The van der Waals surface area contributed by atoms with E-state index in [1.807, 2.05) is 18.2 Å². The fraction of sp³-hybridized carbons (Fsp3) is 0.208. The van der Waals surface area contributed by atoms with Crippen LogP contribution in [0, 0.1) is 0 Å².